The lowest BCUT2D eigenvalue weighted by atomic mass is 9.88. The fourth-order valence-electron chi connectivity index (χ4n) is 3.07. The van der Waals surface area contributed by atoms with Crippen molar-refractivity contribution in [3.8, 4) is 0 Å². The Labute approximate surface area is 143 Å². The molecule has 0 aliphatic heterocycles. The Morgan fingerprint density at radius 2 is 2.17 bits per heavy atom. The Balaban J connectivity index is 2.00. The molecule has 2 amide bonds. The van der Waals surface area contributed by atoms with Crippen molar-refractivity contribution in [2.75, 3.05) is 10.6 Å². The highest BCUT2D eigenvalue weighted by atomic mass is 16.5. The van der Waals surface area contributed by atoms with Crippen molar-refractivity contribution in [2.45, 2.75) is 65.1 Å². The first-order valence-corrected chi connectivity index (χ1v) is 8.68. The Hall–Kier alpha value is -1.95. The van der Waals surface area contributed by atoms with E-state index in [9.17, 15) is 9.59 Å². The van der Waals surface area contributed by atoms with E-state index in [1.165, 1.54) is 13.3 Å². The minimum absolute atomic E-state index is 0.142. The Morgan fingerprint density at radius 1 is 1.38 bits per heavy atom. The van der Waals surface area contributed by atoms with E-state index < -0.39 is 6.10 Å². The third-order valence-electron chi connectivity index (χ3n) is 4.27. The van der Waals surface area contributed by atoms with Crippen LogP contribution in [0.4, 0.5) is 11.5 Å². The van der Waals surface area contributed by atoms with Crippen molar-refractivity contribution in [1.82, 2.24) is 4.98 Å². The summed E-state index contributed by atoms with van der Waals surface area (Å²) in [5.41, 5.74) is 0.486. The second kappa shape index (κ2) is 8.78. The van der Waals surface area contributed by atoms with Gasteiger partial charge in [-0.15, -0.1) is 0 Å². The number of rotatable bonds is 6. The van der Waals surface area contributed by atoms with Crippen molar-refractivity contribution >= 4 is 23.3 Å². The zero-order valence-electron chi connectivity index (χ0n) is 14.7. The van der Waals surface area contributed by atoms with Gasteiger partial charge in [0.05, 0.1) is 11.8 Å². The first kappa shape index (κ1) is 18.4. The molecule has 0 saturated heterocycles. The SMILES string of the molecule is CCC(OC1CCCC(C)C1)C(=O)Nc1ncccc1NC(C)=O. The molecule has 6 nitrogen and oxygen atoms in total. The first-order chi connectivity index (χ1) is 11.5. The number of anilines is 2. The van der Waals surface area contributed by atoms with Gasteiger partial charge in [-0.25, -0.2) is 4.98 Å². The minimum Gasteiger partial charge on any atom is -0.365 e. The number of carbonyl (C=O) groups is 2. The predicted octanol–water partition coefficient (Wildman–Crippen LogP) is 3.35. The summed E-state index contributed by atoms with van der Waals surface area (Å²) in [7, 11) is 0. The van der Waals surface area contributed by atoms with E-state index in [-0.39, 0.29) is 17.9 Å². The summed E-state index contributed by atoms with van der Waals surface area (Å²) in [5.74, 6) is 0.558. The summed E-state index contributed by atoms with van der Waals surface area (Å²) in [6.07, 6.45) is 6.20. The van der Waals surface area contributed by atoms with Gasteiger partial charge in [-0.05, 0) is 37.3 Å². The molecule has 1 aliphatic rings. The number of hydrogen-bond acceptors (Lipinski definition) is 4. The number of aromatic nitrogens is 1. The minimum atomic E-state index is -0.507. The highest BCUT2D eigenvalue weighted by Gasteiger charge is 2.26. The fourth-order valence-corrected chi connectivity index (χ4v) is 3.07. The third-order valence-corrected chi connectivity index (χ3v) is 4.27. The lowest BCUT2D eigenvalue weighted by Gasteiger charge is -2.29. The molecule has 0 aromatic carbocycles. The van der Waals surface area contributed by atoms with Gasteiger partial charge in [0.1, 0.15) is 6.10 Å². The molecule has 1 aliphatic carbocycles. The highest BCUT2D eigenvalue weighted by molar-refractivity contribution is 5.99. The molecule has 0 bridgehead atoms. The normalized spacial score (nSPS) is 21.8. The lowest BCUT2D eigenvalue weighted by molar-refractivity contribution is -0.133. The molecule has 24 heavy (non-hydrogen) atoms. The Bertz CT molecular complexity index is 576. The number of hydrogen-bond donors (Lipinski definition) is 2. The monoisotopic (exact) mass is 333 g/mol. The van der Waals surface area contributed by atoms with Gasteiger partial charge in [-0.3, -0.25) is 9.59 Å². The van der Waals surface area contributed by atoms with Gasteiger partial charge in [-0.1, -0.05) is 26.7 Å². The largest absolute Gasteiger partial charge is 0.365 e. The van der Waals surface area contributed by atoms with Crippen LogP contribution < -0.4 is 10.6 Å². The zero-order chi connectivity index (χ0) is 17.5. The van der Waals surface area contributed by atoms with Gasteiger partial charge in [-0.2, -0.15) is 0 Å². The Morgan fingerprint density at radius 3 is 2.83 bits per heavy atom. The molecule has 0 spiro atoms. The van der Waals surface area contributed by atoms with E-state index in [1.54, 1.807) is 18.3 Å². The predicted molar refractivity (Wildman–Crippen MR) is 93.8 cm³/mol. The van der Waals surface area contributed by atoms with Gasteiger partial charge in [0, 0.05) is 13.1 Å². The summed E-state index contributed by atoms with van der Waals surface area (Å²) in [5, 5.41) is 5.44. The van der Waals surface area contributed by atoms with Gasteiger partial charge in [0.2, 0.25) is 5.91 Å². The molecular formula is C18H27N3O3. The second-order valence-corrected chi connectivity index (χ2v) is 6.50. The van der Waals surface area contributed by atoms with E-state index in [0.29, 0.717) is 23.8 Å². The summed E-state index contributed by atoms with van der Waals surface area (Å²) in [6.45, 7) is 5.58. The average molecular weight is 333 g/mol. The number of amides is 2. The Kier molecular flexibility index (Phi) is 6.73. The van der Waals surface area contributed by atoms with Crippen LogP contribution in [0.3, 0.4) is 0 Å². The van der Waals surface area contributed by atoms with E-state index in [4.69, 9.17) is 4.74 Å². The maximum absolute atomic E-state index is 12.5. The molecule has 1 aromatic heterocycles. The molecule has 3 atom stereocenters. The molecular weight excluding hydrogens is 306 g/mol. The number of carbonyl (C=O) groups excluding carboxylic acids is 2. The van der Waals surface area contributed by atoms with Crippen molar-refractivity contribution in [1.29, 1.82) is 0 Å². The standard InChI is InChI=1S/C18H27N3O3/c1-4-16(24-14-8-5-7-12(2)11-14)18(23)21-17-15(20-13(3)22)9-6-10-19-17/h6,9-10,12,14,16H,4-5,7-8,11H2,1-3H3,(H,20,22)(H,19,21,23). The van der Waals surface area contributed by atoms with Crippen LogP contribution in [0.1, 0.15) is 52.9 Å². The highest BCUT2D eigenvalue weighted by Crippen LogP contribution is 2.27. The van der Waals surface area contributed by atoms with E-state index in [2.05, 4.69) is 22.5 Å². The maximum Gasteiger partial charge on any atom is 0.254 e. The van der Waals surface area contributed by atoms with Crippen molar-refractivity contribution in [2.24, 2.45) is 5.92 Å². The fraction of sp³-hybridized carbons (Fsp3) is 0.611. The molecule has 0 radical (unpaired) electrons. The number of pyridine rings is 1. The van der Waals surface area contributed by atoms with Crippen LogP contribution in [0.25, 0.3) is 0 Å². The molecule has 1 aromatic rings. The molecule has 1 saturated carbocycles. The molecule has 1 fully saturated rings. The number of ether oxygens (including phenoxy) is 1. The van der Waals surface area contributed by atoms with Gasteiger partial charge in [0.15, 0.2) is 5.82 Å². The van der Waals surface area contributed by atoms with Gasteiger partial charge in [0.25, 0.3) is 5.91 Å². The quantitative estimate of drug-likeness (QED) is 0.836. The smallest absolute Gasteiger partial charge is 0.254 e. The maximum atomic E-state index is 12.5. The summed E-state index contributed by atoms with van der Waals surface area (Å²) in [6, 6.07) is 3.41. The molecule has 3 unspecified atom stereocenters. The van der Waals surface area contributed by atoms with E-state index in [1.807, 2.05) is 6.92 Å². The topological polar surface area (TPSA) is 80.3 Å². The van der Waals surface area contributed by atoms with Crippen LogP contribution in [0, 0.1) is 5.92 Å². The van der Waals surface area contributed by atoms with E-state index in [0.717, 1.165) is 19.3 Å². The zero-order valence-corrected chi connectivity index (χ0v) is 14.7. The molecule has 1 heterocycles. The molecule has 2 N–H and O–H groups in total. The lowest BCUT2D eigenvalue weighted by Crippen LogP contribution is -2.35. The first-order valence-electron chi connectivity index (χ1n) is 8.68. The van der Waals surface area contributed by atoms with Gasteiger partial charge >= 0.3 is 0 Å². The number of nitrogens with zero attached hydrogens (tertiary/aromatic N) is 1. The third kappa shape index (κ3) is 5.30. The molecule has 2 rings (SSSR count). The molecule has 132 valence electrons. The van der Waals surface area contributed by atoms with Crippen LogP contribution in [-0.2, 0) is 14.3 Å². The van der Waals surface area contributed by atoms with E-state index >= 15 is 0 Å². The van der Waals surface area contributed by atoms with Crippen molar-refractivity contribution < 1.29 is 14.3 Å². The van der Waals surface area contributed by atoms with Gasteiger partial charge < -0.3 is 15.4 Å². The van der Waals surface area contributed by atoms with Crippen molar-refractivity contribution in [3.63, 3.8) is 0 Å². The van der Waals surface area contributed by atoms with Crippen LogP contribution in [-0.4, -0.2) is 29.0 Å². The second-order valence-electron chi connectivity index (χ2n) is 6.50. The summed E-state index contributed by atoms with van der Waals surface area (Å²) >= 11 is 0. The van der Waals surface area contributed by atoms with Crippen LogP contribution in [0.5, 0.6) is 0 Å². The molecule has 6 heteroatoms. The van der Waals surface area contributed by atoms with Crippen LogP contribution in [0.2, 0.25) is 0 Å². The average Bonchev–Trinajstić information content (AvgIpc) is 2.54. The summed E-state index contributed by atoms with van der Waals surface area (Å²) < 4.78 is 6.04. The van der Waals surface area contributed by atoms with Crippen LogP contribution >= 0.6 is 0 Å². The number of nitrogens with one attached hydrogen (secondary N) is 2. The van der Waals surface area contributed by atoms with Crippen molar-refractivity contribution in [3.05, 3.63) is 18.3 Å². The van der Waals surface area contributed by atoms with Crippen LogP contribution in [0.15, 0.2) is 18.3 Å². The summed E-state index contributed by atoms with van der Waals surface area (Å²) in [4.78, 5) is 28.0.